The Morgan fingerprint density at radius 2 is 2.14 bits per heavy atom. The number of carbonyl (C=O) groups is 1. The largest absolute Gasteiger partial charge is 0.480 e. The van der Waals surface area contributed by atoms with Crippen LogP contribution >= 0.6 is 0 Å². The van der Waals surface area contributed by atoms with Gasteiger partial charge in [0.15, 0.2) is 0 Å². The van der Waals surface area contributed by atoms with Crippen molar-refractivity contribution in [3.05, 3.63) is 30.1 Å². The molecule has 4 N–H and O–H groups in total. The molecule has 0 spiro atoms. The molecule has 0 aliphatic rings. The molecule has 0 saturated carbocycles. The summed E-state index contributed by atoms with van der Waals surface area (Å²) in [5, 5.41) is 8.65. The number of carboxylic acid groups (broad SMARTS) is 1. The van der Waals surface area contributed by atoms with E-state index in [1.54, 1.807) is 11.6 Å². The molecule has 0 aliphatic carbocycles. The Balaban J connectivity index is 2.01. The fraction of sp³-hybridized carbons (Fsp3) is 0.385. The van der Waals surface area contributed by atoms with Crippen LogP contribution in [0.4, 0.5) is 0 Å². The van der Waals surface area contributed by atoms with E-state index in [1.807, 2.05) is 24.3 Å². The maximum absolute atomic E-state index is 11.9. The molecular weight excluding hydrogens is 308 g/mol. The second kappa shape index (κ2) is 6.42. The number of nitrogens with zero attached hydrogens (tertiary/aromatic N) is 2. The number of aryl methyl sites for hydroxylation is 1. The van der Waals surface area contributed by atoms with Crippen molar-refractivity contribution in [3.63, 3.8) is 0 Å². The molecular formula is C13H18N4O4S. The van der Waals surface area contributed by atoms with Gasteiger partial charge in [-0.05, 0) is 18.6 Å². The first-order valence-corrected chi connectivity index (χ1v) is 8.31. The quantitative estimate of drug-likeness (QED) is 0.646. The molecule has 0 saturated heterocycles. The molecule has 0 aliphatic heterocycles. The standard InChI is InChI=1S/C13H18N4O4S/c1-17-11-5-3-2-4-10(11)16-12(17)8-15-22(20,21)7-6-9(14)13(18)19/h2-5,9,15H,6-8,14H2,1H3,(H,18,19). The molecule has 1 atom stereocenters. The molecule has 2 aromatic rings. The highest BCUT2D eigenvalue weighted by Crippen LogP contribution is 2.14. The molecule has 0 fully saturated rings. The van der Waals surface area contributed by atoms with Crippen molar-refractivity contribution in [2.24, 2.45) is 12.8 Å². The third-order valence-electron chi connectivity index (χ3n) is 3.34. The molecule has 0 radical (unpaired) electrons. The van der Waals surface area contributed by atoms with Gasteiger partial charge in [0.1, 0.15) is 11.9 Å². The molecule has 0 bridgehead atoms. The van der Waals surface area contributed by atoms with Crippen molar-refractivity contribution in [2.75, 3.05) is 5.75 Å². The van der Waals surface area contributed by atoms with Gasteiger partial charge in [-0.1, -0.05) is 12.1 Å². The number of rotatable bonds is 7. The number of hydrogen-bond acceptors (Lipinski definition) is 5. The minimum absolute atomic E-state index is 0.0375. The summed E-state index contributed by atoms with van der Waals surface area (Å²) >= 11 is 0. The van der Waals surface area contributed by atoms with Crippen molar-refractivity contribution < 1.29 is 18.3 Å². The Labute approximate surface area is 128 Å². The Morgan fingerprint density at radius 3 is 2.77 bits per heavy atom. The highest BCUT2D eigenvalue weighted by Gasteiger charge is 2.18. The Morgan fingerprint density at radius 1 is 1.45 bits per heavy atom. The summed E-state index contributed by atoms with van der Waals surface area (Å²) in [5.74, 6) is -0.984. The normalized spacial score (nSPS) is 13.4. The maximum atomic E-state index is 11.9. The fourth-order valence-corrected chi connectivity index (χ4v) is 3.06. The number of sulfonamides is 1. The molecule has 9 heteroatoms. The van der Waals surface area contributed by atoms with Crippen LogP contribution in [0.2, 0.25) is 0 Å². The average molecular weight is 326 g/mol. The van der Waals surface area contributed by atoms with Crippen LogP contribution in [0.15, 0.2) is 24.3 Å². The summed E-state index contributed by atoms with van der Waals surface area (Å²) in [6, 6.07) is 6.29. The van der Waals surface area contributed by atoms with Crippen molar-refractivity contribution in [2.45, 2.75) is 19.0 Å². The summed E-state index contributed by atoms with van der Waals surface area (Å²) < 4.78 is 27.9. The predicted molar refractivity (Wildman–Crippen MR) is 81.6 cm³/mol. The van der Waals surface area contributed by atoms with E-state index in [0.29, 0.717) is 5.82 Å². The van der Waals surface area contributed by atoms with Crippen LogP contribution in [0, 0.1) is 0 Å². The van der Waals surface area contributed by atoms with Gasteiger partial charge in [0, 0.05) is 7.05 Å². The molecule has 0 amide bonds. The molecule has 1 aromatic heterocycles. The van der Waals surface area contributed by atoms with E-state index < -0.39 is 22.0 Å². The zero-order valence-corrected chi connectivity index (χ0v) is 12.9. The van der Waals surface area contributed by atoms with Gasteiger partial charge in [0.2, 0.25) is 10.0 Å². The highest BCUT2D eigenvalue weighted by molar-refractivity contribution is 7.89. The minimum atomic E-state index is -3.61. The van der Waals surface area contributed by atoms with Crippen LogP contribution in [0.5, 0.6) is 0 Å². The van der Waals surface area contributed by atoms with Crippen LogP contribution < -0.4 is 10.5 Å². The summed E-state index contributed by atoms with van der Waals surface area (Å²) in [7, 11) is -1.80. The van der Waals surface area contributed by atoms with Gasteiger partial charge < -0.3 is 15.4 Å². The third kappa shape index (κ3) is 3.81. The van der Waals surface area contributed by atoms with Crippen molar-refractivity contribution in [1.82, 2.24) is 14.3 Å². The number of aromatic nitrogens is 2. The zero-order valence-electron chi connectivity index (χ0n) is 12.1. The van der Waals surface area contributed by atoms with Gasteiger partial charge in [0.05, 0.1) is 23.3 Å². The van der Waals surface area contributed by atoms with Gasteiger partial charge in [-0.15, -0.1) is 0 Å². The van der Waals surface area contributed by atoms with Gasteiger partial charge in [-0.25, -0.2) is 18.1 Å². The van der Waals surface area contributed by atoms with E-state index >= 15 is 0 Å². The number of imidazole rings is 1. The SMILES string of the molecule is Cn1c(CNS(=O)(=O)CCC(N)C(=O)O)nc2ccccc21. The Hall–Kier alpha value is -1.97. The highest BCUT2D eigenvalue weighted by atomic mass is 32.2. The number of benzene rings is 1. The molecule has 8 nitrogen and oxygen atoms in total. The Kier molecular flexibility index (Phi) is 4.79. The first-order chi connectivity index (χ1) is 10.3. The lowest BCUT2D eigenvalue weighted by Gasteiger charge is -2.09. The number of nitrogens with two attached hydrogens (primary N) is 1. The Bertz CT molecular complexity index is 784. The first kappa shape index (κ1) is 16.4. The summed E-state index contributed by atoms with van der Waals surface area (Å²) in [6.45, 7) is 0.0375. The molecule has 1 heterocycles. The number of fused-ring (bicyclic) bond motifs is 1. The zero-order chi connectivity index (χ0) is 16.3. The van der Waals surface area contributed by atoms with Crippen LogP contribution in [0.25, 0.3) is 11.0 Å². The van der Waals surface area contributed by atoms with E-state index in [2.05, 4.69) is 9.71 Å². The van der Waals surface area contributed by atoms with Crippen LogP contribution in [0.3, 0.4) is 0 Å². The van der Waals surface area contributed by atoms with E-state index in [1.165, 1.54) is 0 Å². The number of hydrogen-bond donors (Lipinski definition) is 3. The number of aliphatic carboxylic acids is 1. The van der Waals surface area contributed by atoms with E-state index in [0.717, 1.165) is 11.0 Å². The van der Waals surface area contributed by atoms with Crippen LogP contribution in [-0.4, -0.2) is 40.8 Å². The first-order valence-electron chi connectivity index (χ1n) is 6.66. The van der Waals surface area contributed by atoms with Gasteiger partial charge >= 0.3 is 5.97 Å². The van der Waals surface area contributed by atoms with Gasteiger partial charge in [-0.2, -0.15) is 0 Å². The van der Waals surface area contributed by atoms with E-state index in [-0.39, 0.29) is 18.7 Å². The smallest absolute Gasteiger partial charge is 0.320 e. The molecule has 22 heavy (non-hydrogen) atoms. The van der Waals surface area contributed by atoms with Gasteiger partial charge in [-0.3, -0.25) is 4.79 Å². The lowest BCUT2D eigenvalue weighted by molar-refractivity contribution is -0.138. The minimum Gasteiger partial charge on any atom is -0.480 e. The van der Waals surface area contributed by atoms with Crippen molar-refractivity contribution >= 4 is 27.0 Å². The summed E-state index contributed by atoms with van der Waals surface area (Å²) in [6.07, 6.45) is -0.146. The molecule has 1 unspecified atom stereocenters. The van der Waals surface area contributed by atoms with Crippen molar-refractivity contribution in [3.8, 4) is 0 Å². The summed E-state index contributed by atoms with van der Waals surface area (Å²) in [5.41, 5.74) is 6.99. The molecule has 2 rings (SSSR count). The predicted octanol–water partition coefficient (Wildman–Crippen LogP) is -0.205. The van der Waals surface area contributed by atoms with E-state index in [9.17, 15) is 13.2 Å². The number of carboxylic acids is 1. The second-order valence-corrected chi connectivity index (χ2v) is 6.88. The lowest BCUT2D eigenvalue weighted by atomic mass is 10.2. The van der Waals surface area contributed by atoms with E-state index in [4.69, 9.17) is 10.8 Å². The average Bonchev–Trinajstić information content (AvgIpc) is 2.80. The molecule has 1 aromatic carbocycles. The third-order valence-corrected chi connectivity index (χ3v) is 4.70. The van der Waals surface area contributed by atoms with Crippen LogP contribution in [0.1, 0.15) is 12.2 Å². The van der Waals surface area contributed by atoms with Crippen molar-refractivity contribution in [1.29, 1.82) is 0 Å². The topological polar surface area (TPSA) is 127 Å². The lowest BCUT2D eigenvalue weighted by Crippen LogP contribution is -2.35. The van der Waals surface area contributed by atoms with Crippen LogP contribution in [-0.2, 0) is 28.4 Å². The van der Waals surface area contributed by atoms with Gasteiger partial charge in [0.25, 0.3) is 0 Å². The monoisotopic (exact) mass is 326 g/mol. The second-order valence-electron chi connectivity index (χ2n) is 4.95. The maximum Gasteiger partial charge on any atom is 0.320 e. The molecule has 120 valence electrons. The number of nitrogens with one attached hydrogen (secondary N) is 1. The summed E-state index contributed by atoms with van der Waals surface area (Å²) in [4.78, 5) is 14.9. The number of para-hydroxylation sites is 2. The fourth-order valence-electron chi connectivity index (χ4n) is 2.01.